The van der Waals surface area contributed by atoms with E-state index in [1.165, 1.54) is 12.1 Å². The summed E-state index contributed by atoms with van der Waals surface area (Å²) in [5.74, 6) is 0.836. The molecule has 0 bridgehead atoms. The van der Waals surface area contributed by atoms with Crippen LogP contribution >= 0.6 is 0 Å². The average Bonchev–Trinajstić information content (AvgIpc) is 3.31. The summed E-state index contributed by atoms with van der Waals surface area (Å²) in [6, 6.07) is 17.4. The molecule has 1 N–H and O–H groups in total. The van der Waals surface area contributed by atoms with Crippen molar-refractivity contribution < 1.29 is 18.6 Å². The minimum absolute atomic E-state index is 0.0258. The Hall–Kier alpha value is -3.62. The average molecular weight is 461 g/mol. The third-order valence-electron chi connectivity index (χ3n) is 5.92. The third-order valence-corrected chi connectivity index (χ3v) is 5.92. The molecule has 174 valence electrons. The molecule has 0 aliphatic carbocycles. The fourth-order valence-corrected chi connectivity index (χ4v) is 3.63. The van der Waals surface area contributed by atoms with Crippen molar-refractivity contribution in [1.82, 2.24) is 19.9 Å². The highest BCUT2D eigenvalue weighted by Gasteiger charge is 2.34. The molecule has 1 saturated heterocycles. The van der Waals surface area contributed by atoms with Crippen LogP contribution in [0, 0.1) is 11.2 Å². The normalized spacial score (nSPS) is 20.3. The van der Waals surface area contributed by atoms with Crippen molar-refractivity contribution in [2.45, 2.75) is 26.6 Å². The summed E-state index contributed by atoms with van der Waals surface area (Å²) >= 11 is 0. The Bertz CT molecular complexity index is 1250. The fraction of sp³-hybridized carbons (Fsp3) is 0.269. The highest BCUT2D eigenvalue weighted by molar-refractivity contribution is 5.76. The number of ether oxygens (including phenoxy) is 3. The van der Waals surface area contributed by atoms with Crippen LogP contribution in [0.4, 0.5) is 4.39 Å². The van der Waals surface area contributed by atoms with E-state index in [0.29, 0.717) is 41.9 Å². The Morgan fingerprint density at radius 1 is 1.03 bits per heavy atom. The number of hydrogen-bond donors (Lipinski definition) is 1. The molecule has 0 atom stereocenters. The zero-order chi connectivity index (χ0) is 23.5. The van der Waals surface area contributed by atoms with Crippen LogP contribution in [0.3, 0.4) is 0 Å². The van der Waals surface area contributed by atoms with Gasteiger partial charge in [0.15, 0.2) is 5.82 Å². The quantitative estimate of drug-likeness (QED) is 0.384. The van der Waals surface area contributed by atoms with Crippen molar-refractivity contribution in [3.8, 4) is 34.4 Å². The number of nitrogens with one attached hydrogen (secondary N) is 1. The predicted molar refractivity (Wildman–Crippen MR) is 125 cm³/mol. The molecular weight excluding hydrogens is 435 g/mol. The van der Waals surface area contributed by atoms with E-state index in [9.17, 15) is 4.39 Å². The first-order valence-corrected chi connectivity index (χ1v) is 11.2. The van der Waals surface area contributed by atoms with Crippen molar-refractivity contribution in [2.75, 3.05) is 13.2 Å². The zero-order valence-electron chi connectivity index (χ0n) is 19.0. The summed E-state index contributed by atoms with van der Waals surface area (Å²) in [6.07, 6.45) is 1.94. The standard InChI is InChI=1S/C26H25FN4O3/c1-3-26(2)15-32-24(33-16-26)23-30-21(17-9-11-18(27)12-10-17)22(31-23)20-13-14-28-25(29-20)34-19-7-5-4-6-8-19/h4-14,24H,3,15-16H2,1-2H3,(H,30,31). The van der Waals surface area contributed by atoms with Gasteiger partial charge in [-0.1, -0.05) is 32.0 Å². The van der Waals surface area contributed by atoms with Crippen molar-refractivity contribution in [3.63, 3.8) is 0 Å². The Morgan fingerprint density at radius 3 is 2.47 bits per heavy atom. The van der Waals surface area contributed by atoms with Crippen LogP contribution in [0.15, 0.2) is 66.9 Å². The number of aromatic amines is 1. The number of aromatic nitrogens is 4. The number of halogens is 1. The molecule has 1 aliphatic rings. The summed E-state index contributed by atoms with van der Waals surface area (Å²) in [6.45, 7) is 5.39. The van der Waals surface area contributed by atoms with Gasteiger partial charge < -0.3 is 19.2 Å². The molecule has 1 aliphatic heterocycles. The lowest BCUT2D eigenvalue weighted by Gasteiger charge is -2.35. The molecule has 7 nitrogen and oxygen atoms in total. The van der Waals surface area contributed by atoms with Gasteiger partial charge in [-0.3, -0.25) is 0 Å². The van der Waals surface area contributed by atoms with E-state index in [0.717, 1.165) is 12.0 Å². The number of para-hydroxylation sites is 1. The van der Waals surface area contributed by atoms with Crippen LogP contribution in [-0.2, 0) is 9.47 Å². The lowest BCUT2D eigenvalue weighted by atomic mass is 9.89. The summed E-state index contributed by atoms with van der Waals surface area (Å²) in [4.78, 5) is 16.9. The van der Waals surface area contributed by atoms with Gasteiger partial charge >= 0.3 is 6.01 Å². The van der Waals surface area contributed by atoms with Crippen molar-refractivity contribution in [3.05, 3.63) is 78.5 Å². The molecule has 0 unspecified atom stereocenters. The highest BCUT2D eigenvalue weighted by Crippen LogP contribution is 2.36. The van der Waals surface area contributed by atoms with Gasteiger partial charge in [-0.15, -0.1) is 0 Å². The molecule has 0 saturated carbocycles. The summed E-state index contributed by atoms with van der Waals surface area (Å²) in [5, 5.41) is 0. The van der Waals surface area contributed by atoms with Crippen LogP contribution in [0.5, 0.6) is 11.8 Å². The van der Waals surface area contributed by atoms with Gasteiger partial charge in [0.2, 0.25) is 6.29 Å². The molecule has 5 rings (SSSR count). The van der Waals surface area contributed by atoms with Gasteiger partial charge in [0.1, 0.15) is 11.6 Å². The SMILES string of the molecule is CCC1(C)COC(c2nc(-c3ccc(F)cc3)c(-c3ccnc(Oc4ccccc4)n3)[nH]2)OC1. The van der Waals surface area contributed by atoms with Crippen molar-refractivity contribution >= 4 is 0 Å². The van der Waals surface area contributed by atoms with Gasteiger partial charge in [-0.2, -0.15) is 4.98 Å². The second-order valence-corrected chi connectivity index (χ2v) is 8.61. The van der Waals surface area contributed by atoms with Crippen LogP contribution in [-0.4, -0.2) is 33.1 Å². The van der Waals surface area contributed by atoms with Gasteiger partial charge in [0, 0.05) is 17.2 Å². The minimum atomic E-state index is -0.630. The van der Waals surface area contributed by atoms with E-state index >= 15 is 0 Å². The second kappa shape index (κ2) is 9.32. The van der Waals surface area contributed by atoms with Gasteiger partial charge in [-0.05, 0) is 48.9 Å². The molecule has 2 aromatic carbocycles. The van der Waals surface area contributed by atoms with Crippen molar-refractivity contribution in [1.29, 1.82) is 0 Å². The van der Waals surface area contributed by atoms with E-state index in [1.807, 2.05) is 30.3 Å². The van der Waals surface area contributed by atoms with Gasteiger partial charge in [-0.25, -0.2) is 14.4 Å². The highest BCUT2D eigenvalue weighted by atomic mass is 19.1. The molecule has 3 heterocycles. The molecular formula is C26H25FN4O3. The monoisotopic (exact) mass is 460 g/mol. The molecule has 1 fully saturated rings. The van der Waals surface area contributed by atoms with Crippen molar-refractivity contribution in [2.24, 2.45) is 5.41 Å². The first kappa shape index (κ1) is 22.2. The maximum Gasteiger partial charge on any atom is 0.322 e. The first-order chi connectivity index (χ1) is 16.5. The lowest BCUT2D eigenvalue weighted by molar-refractivity contribution is -0.233. The Kier molecular flexibility index (Phi) is 6.08. The smallest absolute Gasteiger partial charge is 0.322 e. The maximum absolute atomic E-state index is 13.6. The molecule has 0 radical (unpaired) electrons. The predicted octanol–water partition coefficient (Wildman–Crippen LogP) is 5.93. The Labute approximate surface area is 197 Å². The number of rotatable bonds is 6. The minimum Gasteiger partial charge on any atom is -0.424 e. The molecule has 8 heteroatoms. The molecule has 34 heavy (non-hydrogen) atoms. The number of hydrogen-bond acceptors (Lipinski definition) is 6. The fourth-order valence-electron chi connectivity index (χ4n) is 3.63. The Morgan fingerprint density at radius 2 is 1.76 bits per heavy atom. The third kappa shape index (κ3) is 4.69. The molecule has 2 aromatic heterocycles. The number of H-pyrrole nitrogens is 1. The summed E-state index contributed by atoms with van der Waals surface area (Å²) in [7, 11) is 0. The molecule has 4 aromatic rings. The van der Waals surface area contributed by atoms with Gasteiger partial charge in [0.25, 0.3) is 0 Å². The molecule has 0 spiro atoms. The zero-order valence-corrected chi connectivity index (χ0v) is 19.0. The largest absolute Gasteiger partial charge is 0.424 e. The second-order valence-electron chi connectivity index (χ2n) is 8.61. The topological polar surface area (TPSA) is 82.2 Å². The van der Waals surface area contributed by atoms with E-state index < -0.39 is 6.29 Å². The van der Waals surface area contributed by atoms with Crippen LogP contribution < -0.4 is 4.74 Å². The van der Waals surface area contributed by atoms with E-state index in [2.05, 4.69) is 28.8 Å². The van der Waals surface area contributed by atoms with Crippen LogP contribution in [0.25, 0.3) is 22.6 Å². The first-order valence-electron chi connectivity index (χ1n) is 11.2. The van der Waals surface area contributed by atoms with E-state index in [-0.39, 0.29) is 17.2 Å². The molecule has 0 amide bonds. The number of nitrogens with zero attached hydrogens (tertiary/aromatic N) is 3. The summed E-state index contributed by atoms with van der Waals surface area (Å²) < 4.78 is 31.4. The Balaban J connectivity index is 1.51. The summed E-state index contributed by atoms with van der Waals surface area (Å²) in [5.41, 5.74) is 2.53. The lowest BCUT2D eigenvalue weighted by Crippen LogP contribution is -2.36. The van der Waals surface area contributed by atoms with Crippen LogP contribution in [0.1, 0.15) is 32.4 Å². The maximum atomic E-state index is 13.6. The number of imidazole rings is 1. The van der Waals surface area contributed by atoms with Gasteiger partial charge in [0.05, 0.1) is 30.3 Å². The van der Waals surface area contributed by atoms with Crippen LogP contribution in [0.2, 0.25) is 0 Å². The number of benzene rings is 2. The van der Waals surface area contributed by atoms with E-state index in [4.69, 9.17) is 19.2 Å². The van der Waals surface area contributed by atoms with E-state index in [1.54, 1.807) is 24.4 Å².